The zero-order chi connectivity index (χ0) is 14.7. The minimum atomic E-state index is -0.826. The smallest absolute Gasteiger partial charge is 0.331 e. The fourth-order valence-electron chi connectivity index (χ4n) is 1.89. The normalized spacial score (nSPS) is 10.4. The van der Waals surface area contributed by atoms with E-state index in [4.69, 9.17) is 0 Å². The van der Waals surface area contributed by atoms with E-state index in [2.05, 4.69) is 11.6 Å². The Morgan fingerprint density at radius 3 is 2.70 bits per heavy atom. The lowest BCUT2D eigenvalue weighted by atomic mass is 10.1. The molecule has 0 aliphatic heterocycles. The van der Waals surface area contributed by atoms with Crippen LogP contribution in [0.15, 0.2) is 46.5 Å². The van der Waals surface area contributed by atoms with Crippen LogP contribution in [0.1, 0.15) is 6.42 Å². The van der Waals surface area contributed by atoms with Crippen LogP contribution in [-0.4, -0.2) is 14.7 Å². The highest BCUT2D eigenvalue weighted by Crippen LogP contribution is 2.26. The number of halogens is 1. The third-order valence-electron chi connectivity index (χ3n) is 2.87. The van der Waals surface area contributed by atoms with Crippen molar-refractivity contribution in [1.82, 2.24) is 9.55 Å². The highest BCUT2D eigenvalue weighted by Gasteiger charge is 2.18. The van der Waals surface area contributed by atoms with Gasteiger partial charge in [0.2, 0.25) is 5.88 Å². The van der Waals surface area contributed by atoms with Gasteiger partial charge in [-0.25, -0.2) is 9.18 Å². The molecule has 6 heteroatoms. The fraction of sp³-hybridized carbons (Fsp3) is 0.143. The second-order valence-corrected chi connectivity index (χ2v) is 4.17. The van der Waals surface area contributed by atoms with Crippen LogP contribution in [0.2, 0.25) is 0 Å². The van der Waals surface area contributed by atoms with Crippen molar-refractivity contribution >= 4 is 0 Å². The first kappa shape index (κ1) is 13.8. The molecule has 5 nitrogen and oxygen atoms in total. The Morgan fingerprint density at radius 1 is 1.35 bits per heavy atom. The van der Waals surface area contributed by atoms with Crippen molar-refractivity contribution < 1.29 is 9.50 Å². The summed E-state index contributed by atoms with van der Waals surface area (Å²) in [5.41, 5.74) is -1.88. The third kappa shape index (κ3) is 2.40. The summed E-state index contributed by atoms with van der Waals surface area (Å²) in [4.78, 5) is 25.6. The van der Waals surface area contributed by atoms with Crippen molar-refractivity contribution in [1.29, 1.82) is 0 Å². The van der Waals surface area contributed by atoms with Gasteiger partial charge in [0.15, 0.2) is 0 Å². The topological polar surface area (TPSA) is 75.1 Å². The van der Waals surface area contributed by atoms with Crippen LogP contribution < -0.4 is 11.2 Å². The summed E-state index contributed by atoms with van der Waals surface area (Å²) in [7, 11) is 0. The molecule has 0 saturated heterocycles. The number of rotatable bonds is 4. The summed E-state index contributed by atoms with van der Waals surface area (Å²) in [5, 5.41) is 10.1. The summed E-state index contributed by atoms with van der Waals surface area (Å²) >= 11 is 0. The van der Waals surface area contributed by atoms with Gasteiger partial charge in [0.1, 0.15) is 11.4 Å². The van der Waals surface area contributed by atoms with Gasteiger partial charge in [-0.2, -0.15) is 0 Å². The van der Waals surface area contributed by atoms with E-state index in [1.165, 1.54) is 24.3 Å². The molecule has 1 aromatic heterocycles. The van der Waals surface area contributed by atoms with Crippen LogP contribution in [0.5, 0.6) is 5.88 Å². The summed E-state index contributed by atoms with van der Waals surface area (Å²) in [6, 6.07) is 5.55. The van der Waals surface area contributed by atoms with Gasteiger partial charge in [-0.3, -0.25) is 14.3 Å². The standard InChI is InChI=1S/C14H13FN2O3/c1-2-3-8-17-13(19)11(12(18)16-14(17)20)9-6-4-5-7-10(9)15/h2,4-7,19H,1,3,8H2,(H,16,18,20). The number of aromatic amines is 1. The van der Waals surface area contributed by atoms with Gasteiger partial charge in [-0.05, 0) is 12.5 Å². The Bertz CT molecular complexity index is 762. The summed E-state index contributed by atoms with van der Waals surface area (Å²) in [6.45, 7) is 3.66. The largest absolute Gasteiger partial charge is 0.494 e. The first-order valence-electron chi connectivity index (χ1n) is 5.98. The number of benzene rings is 1. The number of nitrogens with one attached hydrogen (secondary N) is 1. The minimum Gasteiger partial charge on any atom is -0.494 e. The van der Waals surface area contributed by atoms with Gasteiger partial charge in [0.05, 0.1) is 0 Å². The predicted molar refractivity (Wildman–Crippen MR) is 73.2 cm³/mol. The Hall–Kier alpha value is -2.63. The molecule has 20 heavy (non-hydrogen) atoms. The van der Waals surface area contributed by atoms with E-state index in [0.29, 0.717) is 6.42 Å². The number of aromatic hydroxyl groups is 1. The lowest BCUT2D eigenvalue weighted by molar-refractivity contribution is 0.403. The second-order valence-electron chi connectivity index (χ2n) is 4.17. The molecule has 0 spiro atoms. The van der Waals surface area contributed by atoms with Gasteiger partial charge in [-0.15, -0.1) is 6.58 Å². The molecule has 0 bridgehead atoms. The van der Waals surface area contributed by atoms with Crippen LogP contribution >= 0.6 is 0 Å². The minimum absolute atomic E-state index is 0.0568. The van der Waals surface area contributed by atoms with Crippen molar-refractivity contribution in [3.8, 4) is 17.0 Å². The molecule has 2 rings (SSSR count). The number of nitrogens with zero attached hydrogens (tertiary/aromatic N) is 1. The molecule has 1 aromatic carbocycles. The van der Waals surface area contributed by atoms with E-state index in [1.807, 2.05) is 0 Å². The number of hydrogen-bond acceptors (Lipinski definition) is 3. The Kier molecular flexibility index (Phi) is 3.84. The van der Waals surface area contributed by atoms with Crippen LogP contribution in [0.25, 0.3) is 11.1 Å². The van der Waals surface area contributed by atoms with E-state index in [9.17, 15) is 19.1 Å². The number of aromatic nitrogens is 2. The molecular weight excluding hydrogens is 263 g/mol. The van der Waals surface area contributed by atoms with E-state index in [0.717, 1.165) is 4.57 Å². The molecule has 0 aliphatic rings. The van der Waals surface area contributed by atoms with Crippen molar-refractivity contribution in [2.75, 3.05) is 0 Å². The van der Waals surface area contributed by atoms with Gasteiger partial charge in [0.25, 0.3) is 5.56 Å². The zero-order valence-corrected chi connectivity index (χ0v) is 10.6. The van der Waals surface area contributed by atoms with Crippen molar-refractivity contribution in [3.05, 3.63) is 63.6 Å². The van der Waals surface area contributed by atoms with Crippen molar-refractivity contribution in [3.63, 3.8) is 0 Å². The van der Waals surface area contributed by atoms with Crippen LogP contribution in [0.3, 0.4) is 0 Å². The number of allylic oxidation sites excluding steroid dienone is 1. The molecule has 1 heterocycles. The molecule has 2 N–H and O–H groups in total. The molecule has 0 amide bonds. The molecule has 0 unspecified atom stereocenters. The first-order valence-corrected chi connectivity index (χ1v) is 5.98. The Labute approximate surface area is 113 Å². The van der Waals surface area contributed by atoms with Gasteiger partial charge in [-0.1, -0.05) is 24.3 Å². The van der Waals surface area contributed by atoms with Gasteiger partial charge < -0.3 is 5.11 Å². The lowest BCUT2D eigenvalue weighted by Crippen LogP contribution is -2.31. The van der Waals surface area contributed by atoms with Crippen LogP contribution in [0.4, 0.5) is 4.39 Å². The molecular formula is C14H13FN2O3. The quantitative estimate of drug-likeness (QED) is 0.833. The van der Waals surface area contributed by atoms with Gasteiger partial charge in [0, 0.05) is 12.1 Å². The highest BCUT2D eigenvalue weighted by atomic mass is 19.1. The van der Waals surface area contributed by atoms with Crippen LogP contribution in [-0.2, 0) is 6.54 Å². The van der Waals surface area contributed by atoms with Crippen LogP contribution in [0, 0.1) is 5.82 Å². The van der Waals surface area contributed by atoms with E-state index >= 15 is 0 Å². The Balaban J connectivity index is 2.71. The maximum absolute atomic E-state index is 13.8. The number of hydrogen-bond donors (Lipinski definition) is 2. The highest BCUT2D eigenvalue weighted by molar-refractivity contribution is 5.67. The molecule has 0 fully saturated rings. The maximum atomic E-state index is 13.8. The summed E-state index contributed by atoms with van der Waals surface area (Å²) in [5.74, 6) is -1.20. The molecule has 0 aliphatic carbocycles. The molecule has 2 aromatic rings. The lowest BCUT2D eigenvalue weighted by Gasteiger charge is -2.11. The zero-order valence-electron chi connectivity index (χ0n) is 10.6. The third-order valence-corrected chi connectivity index (χ3v) is 2.87. The average Bonchev–Trinajstić information content (AvgIpc) is 2.40. The average molecular weight is 276 g/mol. The van der Waals surface area contributed by atoms with E-state index < -0.39 is 22.9 Å². The fourth-order valence-corrected chi connectivity index (χ4v) is 1.89. The van der Waals surface area contributed by atoms with E-state index in [1.54, 1.807) is 6.08 Å². The predicted octanol–water partition coefficient (Wildman–Crippen LogP) is 1.62. The first-order chi connectivity index (χ1) is 9.56. The van der Waals surface area contributed by atoms with Gasteiger partial charge >= 0.3 is 5.69 Å². The van der Waals surface area contributed by atoms with Crippen molar-refractivity contribution in [2.45, 2.75) is 13.0 Å². The summed E-state index contributed by atoms with van der Waals surface area (Å²) in [6.07, 6.45) is 2.00. The SMILES string of the molecule is C=CCCn1c(O)c(-c2ccccc2F)c(=O)[nH]c1=O. The van der Waals surface area contributed by atoms with E-state index in [-0.39, 0.29) is 17.7 Å². The molecule has 104 valence electrons. The molecule has 0 radical (unpaired) electrons. The second kappa shape index (κ2) is 5.56. The molecule has 0 atom stereocenters. The van der Waals surface area contributed by atoms with Crippen molar-refractivity contribution in [2.24, 2.45) is 0 Å². The Morgan fingerprint density at radius 2 is 2.05 bits per heavy atom. The molecule has 0 saturated carbocycles. The number of H-pyrrole nitrogens is 1. The monoisotopic (exact) mass is 276 g/mol. The maximum Gasteiger partial charge on any atom is 0.331 e. The summed E-state index contributed by atoms with van der Waals surface area (Å²) < 4.78 is 14.7.